The summed E-state index contributed by atoms with van der Waals surface area (Å²) in [5.41, 5.74) is 6.06. The van der Waals surface area contributed by atoms with Crippen LogP contribution in [0.25, 0.3) is 0 Å². The first-order valence-electron chi connectivity index (χ1n) is 6.61. The van der Waals surface area contributed by atoms with E-state index in [1.807, 2.05) is 0 Å². The molecule has 1 amide bonds. The van der Waals surface area contributed by atoms with Crippen molar-refractivity contribution in [3.8, 4) is 0 Å². The predicted octanol–water partition coefficient (Wildman–Crippen LogP) is 1.27. The van der Waals surface area contributed by atoms with Crippen LogP contribution in [0.5, 0.6) is 0 Å². The van der Waals surface area contributed by atoms with Crippen LogP contribution < -0.4 is 5.73 Å². The van der Waals surface area contributed by atoms with Crippen LogP contribution in [0.1, 0.15) is 12.8 Å². The summed E-state index contributed by atoms with van der Waals surface area (Å²) in [6, 6.07) is 4.43. The number of amides is 1. The highest BCUT2D eigenvalue weighted by Crippen LogP contribution is 2.24. The number of nitrogens with zero attached hydrogens (tertiary/aromatic N) is 2. The number of rotatable bonds is 4. The Morgan fingerprint density at radius 1 is 1.38 bits per heavy atom. The predicted molar refractivity (Wildman–Crippen MR) is 84.2 cm³/mol. The van der Waals surface area contributed by atoms with Gasteiger partial charge >= 0.3 is 0 Å². The van der Waals surface area contributed by atoms with E-state index in [4.69, 9.17) is 5.73 Å². The number of carbonyl (C=O) groups excluding carboxylic acids is 1. The number of carbonyl (C=O) groups is 1. The molecule has 0 aliphatic carbocycles. The molecule has 0 spiro atoms. The van der Waals surface area contributed by atoms with E-state index in [-0.39, 0.29) is 17.3 Å². The molecule has 0 saturated carbocycles. The summed E-state index contributed by atoms with van der Waals surface area (Å²) in [7, 11) is -2.31. The van der Waals surface area contributed by atoms with Gasteiger partial charge in [0.2, 0.25) is 15.9 Å². The molecule has 8 heteroatoms. The van der Waals surface area contributed by atoms with E-state index < -0.39 is 10.0 Å². The molecule has 1 fully saturated rings. The molecule has 2 rings (SSSR count). The topological polar surface area (TPSA) is 83.7 Å². The second-order valence-corrected chi connectivity index (χ2v) is 7.93. The lowest BCUT2D eigenvalue weighted by Gasteiger charge is -2.21. The Balaban J connectivity index is 2.14. The first kappa shape index (κ1) is 16.3. The zero-order valence-electron chi connectivity index (χ0n) is 11.8. The average Bonchev–Trinajstić information content (AvgIpc) is 2.95. The van der Waals surface area contributed by atoms with Crippen molar-refractivity contribution in [3.05, 3.63) is 22.7 Å². The number of likely N-dealkylation sites (N-methyl/N-ethyl adjacent to an activating group) is 1. The van der Waals surface area contributed by atoms with Crippen molar-refractivity contribution in [1.82, 2.24) is 9.21 Å². The monoisotopic (exact) mass is 375 g/mol. The SMILES string of the molecule is CN(CC(=O)N1CCCC1)S(=O)(=O)c1ccc(Br)c(N)c1. The molecule has 1 aliphatic rings. The molecule has 0 aromatic heterocycles. The van der Waals surface area contributed by atoms with Crippen LogP contribution in [0.15, 0.2) is 27.6 Å². The van der Waals surface area contributed by atoms with E-state index in [9.17, 15) is 13.2 Å². The number of hydrogen-bond donors (Lipinski definition) is 1. The molecule has 1 aromatic carbocycles. The molecule has 6 nitrogen and oxygen atoms in total. The quantitative estimate of drug-likeness (QED) is 0.803. The van der Waals surface area contributed by atoms with Gasteiger partial charge in [-0.05, 0) is 47.0 Å². The summed E-state index contributed by atoms with van der Waals surface area (Å²) in [6.45, 7) is 1.26. The van der Waals surface area contributed by atoms with Crippen molar-refractivity contribution < 1.29 is 13.2 Å². The Morgan fingerprint density at radius 2 is 2.00 bits per heavy atom. The molecule has 0 bridgehead atoms. The molecule has 1 aliphatic heterocycles. The number of benzene rings is 1. The van der Waals surface area contributed by atoms with Gasteiger partial charge in [-0.1, -0.05) is 0 Å². The largest absolute Gasteiger partial charge is 0.398 e. The maximum Gasteiger partial charge on any atom is 0.243 e. The lowest BCUT2D eigenvalue weighted by molar-refractivity contribution is -0.130. The molecule has 0 unspecified atom stereocenters. The number of nitrogens with two attached hydrogens (primary N) is 1. The smallest absolute Gasteiger partial charge is 0.243 e. The van der Waals surface area contributed by atoms with Crippen LogP contribution in [0.4, 0.5) is 5.69 Å². The highest BCUT2D eigenvalue weighted by molar-refractivity contribution is 9.10. The number of hydrogen-bond acceptors (Lipinski definition) is 4. The zero-order valence-corrected chi connectivity index (χ0v) is 14.2. The van der Waals surface area contributed by atoms with Gasteiger partial charge in [0.25, 0.3) is 0 Å². The fourth-order valence-corrected chi connectivity index (χ4v) is 3.61. The van der Waals surface area contributed by atoms with Crippen molar-refractivity contribution >= 4 is 37.5 Å². The summed E-state index contributed by atoms with van der Waals surface area (Å²) >= 11 is 3.22. The number of anilines is 1. The molecule has 0 radical (unpaired) electrons. The van der Waals surface area contributed by atoms with Crippen LogP contribution in [0.2, 0.25) is 0 Å². The Bertz CT molecular complexity index is 642. The van der Waals surface area contributed by atoms with Gasteiger partial charge in [-0.25, -0.2) is 8.42 Å². The number of halogens is 1. The lowest BCUT2D eigenvalue weighted by atomic mass is 10.3. The van der Waals surface area contributed by atoms with Gasteiger partial charge in [-0.2, -0.15) is 4.31 Å². The van der Waals surface area contributed by atoms with Gasteiger partial charge in [0.15, 0.2) is 0 Å². The third-order valence-corrected chi connectivity index (χ3v) is 6.01. The number of likely N-dealkylation sites (tertiary alicyclic amines) is 1. The molecular formula is C13H18BrN3O3S. The summed E-state index contributed by atoms with van der Waals surface area (Å²) in [5, 5.41) is 0. The minimum atomic E-state index is -3.72. The Labute approximate surface area is 133 Å². The summed E-state index contributed by atoms with van der Waals surface area (Å²) in [4.78, 5) is 13.8. The number of nitrogen functional groups attached to an aromatic ring is 1. The van der Waals surface area contributed by atoms with Crippen molar-refractivity contribution in [2.24, 2.45) is 0 Å². The van der Waals surface area contributed by atoms with Gasteiger partial charge in [0.1, 0.15) is 0 Å². The fraction of sp³-hybridized carbons (Fsp3) is 0.462. The van der Waals surface area contributed by atoms with Crippen LogP contribution >= 0.6 is 15.9 Å². The van der Waals surface area contributed by atoms with Gasteiger partial charge in [-0.15, -0.1) is 0 Å². The second-order valence-electron chi connectivity index (χ2n) is 5.03. The standard InChI is InChI=1S/C13H18BrN3O3S/c1-16(9-13(18)17-6-2-3-7-17)21(19,20)10-4-5-11(14)12(15)8-10/h4-5,8H,2-3,6-7,9,15H2,1H3. The third-order valence-electron chi connectivity index (χ3n) is 3.49. The molecule has 21 heavy (non-hydrogen) atoms. The van der Waals surface area contributed by atoms with Crippen LogP contribution in [0.3, 0.4) is 0 Å². The van der Waals surface area contributed by atoms with Crippen molar-refractivity contribution in [1.29, 1.82) is 0 Å². The maximum absolute atomic E-state index is 12.4. The van der Waals surface area contributed by atoms with E-state index >= 15 is 0 Å². The molecule has 1 saturated heterocycles. The molecule has 1 heterocycles. The van der Waals surface area contributed by atoms with Gasteiger partial charge < -0.3 is 10.6 Å². The highest BCUT2D eigenvalue weighted by atomic mass is 79.9. The van der Waals surface area contributed by atoms with E-state index in [0.717, 1.165) is 17.1 Å². The summed E-state index contributed by atoms with van der Waals surface area (Å²) in [6.07, 6.45) is 1.96. The second kappa shape index (κ2) is 6.33. The van der Waals surface area contributed by atoms with Crippen molar-refractivity contribution in [2.75, 3.05) is 32.4 Å². The molecule has 116 valence electrons. The van der Waals surface area contributed by atoms with Crippen LogP contribution in [-0.4, -0.2) is 50.2 Å². The van der Waals surface area contributed by atoms with Crippen LogP contribution in [-0.2, 0) is 14.8 Å². The first-order valence-corrected chi connectivity index (χ1v) is 8.85. The summed E-state index contributed by atoms with van der Waals surface area (Å²) < 4.78 is 26.6. The van der Waals surface area contributed by atoms with Crippen molar-refractivity contribution in [3.63, 3.8) is 0 Å². The van der Waals surface area contributed by atoms with E-state index in [1.54, 1.807) is 11.0 Å². The van der Waals surface area contributed by atoms with Crippen molar-refractivity contribution in [2.45, 2.75) is 17.7 Å². The van der Waals surface area contributed by atoms with Crippen LogP contribution in [0, 0.1) is 0 Å². The Morgan fingerprint density at radius 3 is 2.57 bits per heavy atom. The van der Waals surface area contributed by atoms with Gasteiger partial charge in [-0.3, -0.25) is 4.79 Å². The summed E-state index contributed by atoms with van der Waals surface area (Å²) in [5.74, 6) is -0.163. The van der Waals surface area contributed by atoms with Gasteiger partial charge in [0.05, 0.1) is 11.4 Å². The molecule has 1 aromatic rings. The highest BCUT2D eigenvalue weighted by Gasteiger charge is 2.26. The normalized spacial score (nSPS) is 15.7. The van der Waals surface area contributed by atoms with E-state index in [1.165, 1.54) is 19.2 Å². The third kappa shape index (κ3) is 3.56. The Hall–Kier alpha value is -1.12. The molecule has 2 N–H and O–H groups in total. The lowest BCUT2D eigenvalue weighted by Crippen LogP contribution is -2.39. The minimum Gasteiger partial charge on any atom is -0.398 e. The average molecular weight is 376 g/mol. The van der Waals surface area contributed by atoms with E-state index in [2.05, 4.69) is 15.9 Å². The maximum atomic E-state index is 12.4. The first-order chi connectivity index (χ1) is 9.82. The number of sulfonamides is 1. The van der Waals surface area contributed by atoms with E-state index in [0.29, 0.717) is 23.2 Å². The fourth-order valence-electron chi connectivity index (χ4n) is 2.20. The molecule has 0 atom stereocenters. The van der Waals surface area contributed by atoms with Gasteiger partial charge in [0, 0.05) is 30.3 Å². The molecular weight excluding hydrogens is 358 g/mol. The zero-order chi connectivity index (χ0) is 15.6. The Kier molecular flexibility index (Phi) is 4.90. The minimum absolute atomic E-state index is 0.0833.